The van der Waals surface area contributed by atoms with Crippen molar-refractivity contribution in [3.05, 3.63) is 90.6 Å². The van der Waals surface area contributed by atoms with Crippen LogP contribution in [0.4, 0.5) is 5.69 Å². The number of aromatic hydroxyl groups is 2. The van der Waals surface area contributed by atoms with Gasteiger partial charge in [0, 0.05) is 22.9 Å². The molecule has 0 bridgehead atoms. The molecule has 0 atom stereocenters. The number of rotatable bonds is 4. The Morgan fingerprint density at radius 2 is 1.71 bits per heavy atom. The maximum atomic E-state index is 12.4. The molecule has 0 fully saturated rings. The Morgan fingerprint density at radius 1 is 0.893 bits per heavy atom. The minimum absolute atomic E-state index is 0.0158. The van der Waals surface area contributed by atoms with Crippen LogP contribution in [0.5, 0.6) is 11.5 Å². The Labute approximate surface area is 161 Å². The van der Waals surface area contributed by atoms with E-state index in [4.69, 9.17) is 0 Å². The first-order chi connectivity index (χ1) is 13.6. The van der Waals surface area contributed by atoms with E-state index in [-0.39, 0.29) is 17.4 Å². The Balaban J connectivity index is 1.66. The first kappa shape index (κ1) is 17.4. The summed E-state index contributed by atoms with van der Waals surface area (Å²) >= 11 is 0. The summed E-state index contributed by atoms with van der Waals surface area (Å²) in [5.74, 6) is -0.261. The zero-order valence-corrected chi connectivity index (χ0v) is 14.8. The molecule has 28 heavy (non-hydrogen) atoms. The number of carbonyl (C=O) groups excluding carboxylic acids is 1. The number of aromatic nitrogens is 2. The molecule has 1 aromatic heterocycles. The van der Waals surface area contributed by atoms with Crippen LogP contribution in [-0.2, 0) is 0 Å². The molecule has 0 aliphatic heterocycles. The average Bonchev–Trinajstić information content (AvgIpc) is 3.18. The van der Waals surface area contributed by atoms with Gasteiger partial charge in [-0.05, 0) is 48.5 Å². The van der Waals surface area contributed by atoms with Gasteiger partial charge in [0.25, 0.3) is 5.91 Å². The number of nitrogens with one attached hydrogen (secondary N) is 1. The standard InChI is InChI=1S/C22H17N3O3/c26-18-9-10-19(21(27)14-18)20-11-12-23-25(20)17-8-4-7-16(13-17)24-22(28)15-5-2-1-3-6-15/h1-14,26-27H,(H,24,28). The minimum atomic E-state index is -0.199. The Bertz CT molecular complexity index is 1140. The lowest BCUT2D eigenvalue weighted by Gasteiger charge is -2.11. The third-order valence-electron chi connectivity index (χ3n) is 4.28. The summed E-state index contributed by atoms with van der Waals surface area (Å²) in [5, 5.41) is 26.9. The van der Waals surface area contributed by atoms with Gasteiger partial charge in [0.2, 0.25) is 0 Å². The molecule has 0 spiro atoms. The highest BCUT2D eigenvalue weighted by atomic mass is 16.3. The van der Waals surface area contributed by atoms with E-state index in [1.165, 1.54) is 12.1 Å². The van der Waals surface area contributed by atoms with Crippen LogP contribution < -0.4 is 5.32 Å². The van der Waals surface area contributed by atoms with Crippen molar-refractivity contribution < 1.29 is 15.0 Å². The minimum Gasteiger partial charge on any atom is -0.508 e. The van der Waals surface area contributed by atoms with Crippen molar-refractivity contribution in [3.8, 4) is 28.4 Å². The number of hydrogen-bond donors (Lipinski definition) is 3. The van der Waals surface area contributed by atoms with Gasteiger partial charge in [0.1, 0.15) is 11.5 Å². The van der Waals surface area contributed by atoms with Gasteiger partial charge in [-0.25, -0.2) is 4.68 Å². The van der Waals surface area contributed by atoms with E-state index >= 15 is 0 Å². The van der Waals surface area contributed by atoms with Crippen LogP contribution in [0.1, 0.15) is 10.4 Å². The zero-order chi connectivity index (χ0) is 19.5. The number of anilines is 1. The molecule has 0 aliphatic carbocycles. The molecule has 0 saturated heterocycles. The van der Waals surface area contributed by atoms with Gasteiger partial charge in [-0.2, -0.15) is 5.10 Å². The molecule has 6 heteroatoms. The van der Waals surface area contributed by atoms with Crippen LogP contribution in [0.3, 0.4) is 0 Å². The Hall–Kier alpha value is -4.06. The number of amides is 1. The van der Waals surface area contributed by atoms with Gasteiger partial charge < -0.3 is 15.5 Å². The maximum Gasteiger partial charge on any atom is 0.255 e. The molecule has 0 radical (unpaired) electrons. The number of phenols is 2. The molecule has 138 valence electrons. The second-order valence-electron chi connectivity index (χ2n) is 6.20. The first-order valence-corrected chi connectivity index (χ1v) is 8.65. The number of benzene rings is 3. The lowest BCUT2D eigenvalue weighted by Crippen LogP contribution is -2.12. The summed E-state index contributed by atoms with van der Waals surface area (Å²) in [6.45, 7) is 0. The van der Waals surface area contributed by atoms with Gasteiger partial charge in [0.15, 0.2) is 0 Å². The monoisotopic (exact) mass is 371 g/mol. The zero-order valence-electron chi connectivity index (χ0n) is 14.8. The second-order valence-corrected chi connectivity index (χ2v) is 6.20. The molecule has 3 aromatic carbocycles. The third kappa shape index (κ3) is 3.43. The van der Waals surface area contributed by atoms with Crippen molar-refractivity contribution in [2.24, 2.45) is 0 Å². The average molecular weight is 371 g/mol. The largest absolute Gasteiger partial charge is 0.508 e. The summed E-state index contributed by atoms with van der Waals surface area (Å²) in [4.78, 5) is 12.4. The highest BCUT2D eigenvalue weighted by Gasteiger charge is 2.13. The van der Waals surface area contributed by atoms with E-state index in [1.807, 2.05) is 30.3 Å². The van der Waals surface area contributed by atoms with Crippen molar-refractivity contribution in [2.75, 3.05) is 5.32 Å². The molecule has 4 rings (SSSR count). The topological polar surface area (TPSA) is 87.4 Å². The third-order valence-corrected chi connectivity index (χ3v) is 4.28. The van der Waals surface area contributed by atoms with Crippen molar-refractivity contribution in [2.45, 2.75) is 0 Å². The lowest BCUT2D eigenvalue weighted by molar-refractivity contribution is 0.102. The number of carbonyl (C=O) groups is 1. The SMILES string of the molecule is O=C(Nc1cccc(-n2nccc2-c2ccc(O)cc2O)c1)c1ccccc1. The highest BCUT2D eigenvalue weighted by Crippen LogP contribution is 2.33. The van der Waals surface area contributed by atoms with Crippen LogP contribution in [0.2, 0.25) is 0 Å². The molecule has 3 N–H and O–H groups in total. The van der Waals surface area contributed by atoms with Gasteiger partial charge in [-0.3, -0.25) is 4.79 Å². The van der Waals surface area contributed by atoms with E-state index in [1.54, 1.807) is 47.3 Å². The molecular formula is C22H17N3O3. The summed E-state index contributed by atoms with van der Waals surface area (Å²) in [7, 11) is 0. The smallest absolute Gasteiger partial charge is 0.255 e. The fourth-order valence-electron chi connectivity index (χ4n) is 2.96. The number of phenolic OH excluding ortho intramolecular Hbond substituents is 2. The van der Waals surface area contributed by atoms with Gasteiger partial charge in [-0.1, -0.05) is 24.3 Å². The van der Waals surface area contributed by atoms with Gasteiger partial charge in [-0.15, -0.1) is 0 Å². The fraction of sp³-hybridized carbons (Fsp3) is 0. The quantitative estimate of drug-likeness (QED) is 0.502. The number of hydrogen-bond acceptors (Lipinski definition) is 4. The summed E-state index contributed by atoms with van der Waals surface area (Å²) < 4.78 is 1.66. The van der Waals surface area contributed by atoms with E-state index in [9.17, 15) is 15.0 Å². The van der Waals surface area contributed by atoms with E-state index in [2.05, 4.69) is 10.4 Å². The predicted octanol–water partition coefficient (Wildman–Crippen LogP) is 4.20. The van der Waals surface area contributed by atoms with Gasteiger partial charge >= 0.3 is 0 Å². The maximum absolute atomic E-state index is 12.4. The molecule has 0 saturated carbocycles. The first-order valence-electron chi connectivity index (χ1n) is 8.65. The fourth-order valence-corrected chi connectivity index (χ4v) is 2.96. The summed E-state index contributed by atoms with van der Waals surface area (Å²) in [6.07, 6.45) is 1.62. The second kappa shape index (κ2) is 7.28. The summed E-state index contributed by atoms with van der Waals surface area (Å²) in [5.41, 5.74) is 3.11. The van der Waals surface area contributed by atoms with E-state index in [0.29, 0.717) is 22.5 Å². The molecule has 4 aromatic rings. The van der Waals surface area contributed by atoms with Crippen molar-refractivity contribution >= 4 is 11.6 Å². The molecular weight excluding hydrogens is 354 g/mol. The Kier molecular flexibility index (Phi) is 4.51. The molecule has 1 amide bonds. The van der Waals surface area contributed by atoms with E-state index < -0.39 is 0 Å². The molecule has 0 aliphatic rings. The van der Waals surface area contributed by atoms with Crippen LogP contribution in [-0.4, -0.2) is 25.9 Å². The van der Waals surface area contributed by atoms with Crippen molar-refractivity contribution in [1.29, 1.82) is 0 Å². The highest BCUT2D eigenvalue weighted by molar-refractivity contribution is 6.04. The predicted molar refractivity (Wildman–Crippen MR) is 107 cm³/mol. The van der Waals surface area contributed by atoms with E-state index in [0.717, 1.165) is 5.69 Å². The number of nitrogens with zero attached hydrogens (tertiary/aromatic N) is 2. The Morgan fingerprint density at radius 3 is 2.50 bits per heavy atom. The molecule has 0 unspecified atom stereocenters. The van der Waals surface area contributed by atoms with Crippen LogP contribution >= 0.6 is 0 Å². The lowest BCUT2D eigenvalue weighted by atomic mass is 10.1. The summed E-state index contributed by atoms with van der Waals surface area (Å²) in [6, 6.07) is 22.4. The van der Waals surface area contributed by atoms with Crippen molar-refractivity contribution in [3.63, 3.8) is 0 Å². The molecule has 6 nitrogen and oxygen atoms in total. The normalized spacial score (nSPS) is 10.6. The van der Waals surface area contributed by atoms with Crippen LogP contribution in [0.15, 0.2) is 85.1 Å². The van der Waals surface area contributed by atoms with Crippen LogP contribution in [0.25, 0.3) is 16.9 Å². The van der Waals surface area contributed by atoms with Gasteiger partial charge in [0.05, 0.1) is 17.6 Å². The molecule has 1 heterocycles. The van der Waals surface area contributed by atoms with Crippen LogP contribution in [0, 0.1) is 0 Å². The van der Waals surface area contributed by atoms with Crippen molar-refractivity contribution in [1.82, 2.24) is 9.78 Å².